The lowest BCUT2D eigenvalue weighted by Crippen LogP contribution is -2.71. The molecule has 3 rings (SSSR count). The smallest absolute Gasteiger partial charge is 0.191 e. The Morgan fingerprint density at radius 1 is 1.38 bits per heavy atom. The van der Waals surface area contributed by atoms with E-state index in [1.165, 1.54) is 12.0 Å². The maximum Gasteiger partial charge on any atom is 0.191 e. The summed E-state index contributed by atoms with van der Waals surface area (Å²) in [6.45, 7) is 9.72. The van der Waals surface area contributed by atoms with Crippen molar-refractivity contribution in [1.29, 1.82) is 0 Å². The number of methoxy groups -OCH3 is 1. The van der Waals surface area contributed by atoms with Gasteiger partial charge in [-0.3, -0.25) is 4.99 Å². The molecule has 2 aliphatic rings. The molecule has 0 radical (unpaired) electrons. The summed E-state index contributed by atoms with van der Waals surface area (Å²) in [4.78, 5) is 4.47. The third-order valence-corrected chi connectivity index (χ3v) is 6.05. The summed E-state index contributed by atoms with van der Waals surface area (Å²) in [7, 11) is 3.55. The fourth-order valence-electron chi connectivity index (χ4n) is 4.61. The summed E-state index contributed by atoms with van der Waals surface area (Å²) in [6.07, 6.45) is 2.74. The number of aliphatic imine (C=N–C) groups is 1. The minimum Gasteiger partial charge on any atom is -0.496 e. The summed E-state index contributed by atoms with van der Waals surface area (Å²) in [5, 5.41) is 7.20. The first-order valence-electron chi connectivity index (χ1n) is 9.64. The van der Waals surface area contributed by atoms with E-state index in [9.17, 15) is 0 Å². The highest BCUT2D eigenvalue weighted by atomic mass is 16.5. The number of benzene rings is 1. The number of hydrogen-bond donors (Lipinski definition) is 2. The second kappa shape index (κ2) is 7.47. The summed E-state index contributed by atoms with van der Waals surface area (Å²) in [6, 6.07) is 6.74. The molecule has 0 spiro atoms. The van der Waals surface area contributed by atoms with Crippen LogP contribution in [0.25, 0.3) is 0 Å². The van der Waals surface area contributed by atoms with Gasteiger partial charge < -0.3 is 20.1 Å². The van der Waals surface area contributed by atoms with Crippen molar-refractivity contribution in [3.8, 4) is 5.75 Å². The van der Waals surface area contributed by atoms with Crippen LogP contribution in [0.3, 0.4) is 0 Å². The molecule has 1 heterocycles. The number of aryl methyl sites for hydroxylation is 1. The molecule has 5 nitrogen and oxygen atoms in total. The van der Waals surface area contributed by atoms with E-state index in [1.54, 1.807) is 7.11 Å². The highest BCUT2D eigenvalue weighted by Crippen LogP contribution is 2.51. The number of ether oxygens (including phenoxy) is 2. The average molecular weight is 360 g/mol. The van der Waals surface area contributed by atoms with Gasteiger partial charge in [-0.05, 0) is 32.8 Å². The summed E-state index contributed by atoms with van der Waals surface area (Å²) in [5.74, 6) is 2.31. The highest BCUT2D eigenvalue weighted by Gasteiger charge is 2.58. The second-order valence-electron chi connectivity index (χ2n) is 8.22. The molecular weight excluding hydrogens is 326 g/mol. The zero-order valence-corrected chi connectivity index (χ0v) is 16.9. The van der Waals surface area contributed by atoms with Gasteiger partial charge in [-0.25, -0.2) is 0 Å². The molecule has 1 saturated heterocycles. The zero-order valence-electron chi connectivity index (χ0n) is 16.9. The van der Waals surface area contributed by atoms with Crippen LogP contribution in [0.5, 0.6) is 5.75 Å². The number of fused-ring (bicyclic) bond motifs is 1. The van der Waals surface area contributed by atoms with Crippen LogP contribution in [0.1, 0.15) is 50.8 Å². The molecule has 1 aliphatic carbocycles. The van der Waals surface area contributed by atoms with Gasteiger partial charge in [-0.1, -0.05) is 31.5 Å². The third-order valence-electron chi connectivity index (χ3n) is 6.05. The largest absolute Gasteiger partial charge is 0.496 e. The Labute approximate surface area is 157 Å². The Bertz CT molecular complexity index is 671. The molecule has 1 aromatic carbocycles. The summed E-state index contributed by atoms with van der Waals surface area (Å²) >= 11 is 0. The van der Waals surface area contributed by atoms with Crippen LogP contribution < -0.4 is 15.4 Å². The topological polar surface area (TPSA) is 54.9 Å². The molecule has 0 bridgehead atoms. The van der Waals surface area contributed by atoms with Crippen molar-refractivity contribution >= 4 is 5.96 Å². The van der Waals surface area contributed by atoms with Gasteiger partial charge >= 0.3 is 0 Å². The molecular formula is C21H33N3O2. The standard InChI is InChI=1S/C21H33N3O2/c1-13-9-10-17(25-6)16(12-13)14(2)23-20(22-5)24-18-15-8-7-11-26-19(15)21(18,3)4/h9-10,12,14-15,18-19H,7-8,11H2,1-6H3,(H2,22,23,24). The van der Waals surface area contributed by atoms with Crippen LogP contribution in [-0.2, 0) is 4.74 Å². The van der Waals surface area contributed by atoms with Gasteiger partial charge in [0, 0.05) is 36.6 Å². The molecule has 2 fully saturated rings. The Balaban J connectivity index is 1.70. The molecule has 2 N–H and O–H groups in total. The lowest BCUT2D eigenvalue weighted by atomic mass is 9.55. The van der Waals surface area contributed by atoms with E-state index in [-0.39, 0.29) is 11.5 Å². The minimum atomic E-state index is 0.0950. The van der Waals surface area contributed by atoms with Crippen molar-refractivity contribution < 1.29 is 9.47 Å². The predicted molar refractivity (Wildman–Crippen MR) is 106 cm³/mol. The van der Waals surface area contributed by atoms with Crippen molar-refractivity contribution in [2.24, 2.45) is 16.3 Å². The van der Waals surface area contributed by atoms with Crippen molar-refractivity contribution in [2.45, 2.75) is 58.7 Å². The molecule has 4 unspecified atom stereocenters. The average Bonchev–Trinajstić information content (AvgIpc) is 2.64. The quantitative estimate of drug-likeness (QED) is 0.639. The number of nitrogens with one attached hydrogen (secondary N) is 2. The molecule has 1 aromatic rings. The molecule has 1 aliphatic heterocycles. The third kappa shape index (κ3) is 3.41. The molecule has 26 heavy (non-hydrogen) atoms. The SMILES string of the molecule is CN=C(NC(C)c1cc(C)ccc1OC)NC1C2CCCOC2C1(C)C. The van der Waals surface area contributed by atoms with Gasteiger partial charge in [0.2, 0.25) is 0 Å². The maximum absolute atomic E-state index is 6.01. The molecule has 1 saturated carbocycles. The van der Waals surface area contributed by atoms with E-state index >= 15 is 0 Å². The lowest BCUT2D eigenvalue weighted by molar-refractivity contribution is -0.188. The Kier molecular flexibility index (Phi) is 5.47. The normalized spacial score (nSPS) is 28.5. The van der Waals surface area contributed by atoms with E-state index in [4.69, 9.17) is 9.47 Å². The predicted octanol–water partition coefficient (Wildman–Crippen LogP) is 3.43. The first-order chi connectivity index (χ1) is 12.4. The van der Waals surface area contributed by atoms with E-state index in [0.717, 1.165) is 30.3 Å². The molecule has 5 heteroatoms. The summed E-state index contributed by atoms with van der Waals surface area (Å²) < 4.78 is 11.6. The van der Waals surface area contributed by atoms with Crippen LogP contribution in [0.15, 0.2) is 23.2 Å². The molecule has 0 aromatic heterocycles. The Hall–Kier alpha value is -1.75. The van der Waals surface area contributed by atoms with E-state index in [0.29, 0.717) is 18.1 Å². The number of nitrogens with zero attached hydrogens (tertiary/aromatic N) is 1. The van der Waals surface area contributed by atoms with Gasteiger partial charge in [-0.2, -0.15) is 0 Å². The fraction of sp³-hybridized carbons (Fsp3) is 0.667. The van der Waals surface area contributed by atoms with Crippen molar-refractivity contribution in [2.75, 3.05) is 20.8 Å². The molecule has 4 atom stereocenters. The second-order valence-corrected chi connectivity index (χ2v) is 8.22. The van der Waals surface area contributed by atoms with E-state index < -0.39 is 0 Å². The van der Waals surface area contributed by atoms with Crippen LogP contribution >= 0.6 is 0 Å². The maximum atomic E-state index is 6.01. The number of hydrogen-bond acceptors (Lipinski definition) is 3. The van der Waals surface area contributed by atoms with Crippen LogP contribution in [-0.4, -0.2) is 38.9 Å². The van der Waals surface area contributed by atoms with Crippen LogP contribution in [0.4, 0.5) is 0 Å². The fourth-order valence-corrected chi connectivity index (χ4v) is 4.61. The summed E-state index contributed by atoms with van der Waals surface area (Å²) in [5.41, 5.74) is 2.48. The monoisotopic (exact) mass is 359 g/mol. The van der Waals surface area contributed by atoms with Gasteiger partial charge in [0.25, 0.3) is 0 Å². The minimum absolute atomic E-state index is 0.0950. The van der Waals surface area contributed by atoms with Gasteiger partial charge in [0.1, 0.15) is 5.75 Å². The molecule has 144 valence electrons. The first-order valence-corrected chi connectivity index (χ1v) is 9.64. The highest BCUT2D eigenvalue weighted by molar-refractivity contribution is 5.81. The van der Waals surface area contributed by atoms with Crippen molar-refractivity contribution in [1.82, 2.24) is 10.6 Å². The van der Waals surface area contributed by atoms with Crippen LogP contribution in [0.2, 0.25) is 0 Å². The van der Waals surface area contributed by atoms with Gasteiger partial charge in [0.15, 0.2) is 5.96 Å². The van der Waals surface area contributed by atoms with E-state index in [1.807, 2.05) is 13.1 Å². The van der Waals surface area contributed by atoms with Crippen molar-refractivity contribution in [3.63, 3.8) is 0 Å². The van der Waals surface area contributed by atoms with E-state index in [2.05, 4.69) is 55.5 Å². The Morgan fingerprint density at radius 3 is 2.85 bits per heavy atom. The molecule has 0 amide bonds. The van der Waals surface area contributed by atoms with Crippen LogP contribution in [0, 0.1) is 18.3 Å². The van der Waals surface area contributed by atoms with Gasteiger partial charge in [-0.15, -0.1) is 0 Å². The van der Waals surface area contributed by atoms with Crippen molar-refractivity contribution in [3.05, 3.63) is 29.3 Å². The first kappa shape index (κ1) is 19.0. The zero-order chi connectivity index (χ0) is 18.9. The Morgan fingerprint density at radius 2 is 2.15 bits per heavy atom. The number of rotatable bonds is 4. The van der Waals surface area contributed by atoms with Gasteiger partial charge in [0.05, 0.1) is 19.3 Å². The number of guanidine groups is 1. The lowest BCUT2D eigenvalue weighted by Gasteiger charge is -2.60.